The van der Waals surface area contributed by atoms with Gasteiger partial charge in [-0.25, -0.2) is 19.6 Å². The molecule has 8 aromatic rings. The number of imidazole rings is 1. The molecule has 3 heterocycles. The molecule has 0 saturated carbocycles. The molecule has 3 N–H and O–H groups in total. The van der Waals surface area contributed by atoms with Crippen LogP contribution in [0.4, 0.5) is 9.59 Å². The van der Waals surface area contributed by atoms with E-state index in [-0.39, 0.29) is 43.5 Å². The zero-order chi connectivity index (χ0) is 49.4. The van der Waals surface area contributed by atoms with Gasteiger partial charge in [0, 0.05) is 49.2 Å². The summed E-state index contributed by atoms with van der Waals surface area (Å²) in [7, 11) is 1.71. The maximum Gasteiger partial charge on any atom is 0.407 e. The van der Waals surface area contributed by atoms with Crippen LogP contribution < -0.4 is 16.0 Å². The maximum absolute atomic E-state index is 15.0. The number of hydrogen-bond donors (Lipinski definition) is 3. The molecule has 0 bridgehead atoms. The summed E-state index contributed by atoms with van der Waals surface area (Å²) in [5.74, 6) is -0.0867. The SMILES string of the molecule is CC(C)c1nc(CN(C)C(=O)N[C@@H](Cc2cn(C(c3ccccc3)(c3ccccc3)c3ccccc3)cn2)C(=O)N[C@H](CC[C@H](Cc2ccccc2)NC(=O)OCc2cncs2)Cc2ccccc2)cs1. The monoisotopic (exact) mass is 984 g/mol. The van der Waals surface area contributed by atoms with Crippen LogP contribution in [0.25, 0.3) is 0 Å². The van der Waals surface area contributed by atoms with Gasteiger partial charge in [0.15, 0.2) is 0 Å². The molecule has 0 unspecified atom stereocenters. The maximum atomic E-state index is 15.0. The lowest BCUT2D eigenvalue weighted by molar-refractivity contribution is -0.123. The molecule has 5 aromatic carbocycles. The van der Waals surface area contributed by atoms with Crippen LogP contribution in [0.15, 0.2) is 181 Å². The molecule has 0 aliphatic heterocycles. The van der Waals surface area contributed by atoms with E-state index in [0.29, 0.717) is 31.4 Å². The summed E-state index contributed by atoms with van der Waals surface area (Å²) in [5.41, 5.74) is 7.47. The minimum atomic E-state index is -1.02. The van der Waals surface area contributed by atoms with Crippen LogP contribution >= 0.6 is 22.7 Å². The predicted octanol–water partition coefficient (Wildman–Crippen LogP) is 10.6. The van der Waals surface area contributed by atoms with Crippen molar-refractivity contribution in [3.8, 4) is 0 Å². The molecule has 0 aliphatic carbocycles. The van der Waals surface area contributed by atoms with Gasteiger partial charge in [0.05, 0.1) is 39.7 Å². The normalized spacial score (nSPS) is 12.7. The number of benzene rings is 5. The number of amides is 4. The van der Waals surface area contributed by atoms with Gasteiger partial charge in [-0.05, 0) is 53.5 Å². The molecule has 3 atom stereocenters. The minimum Gasteiger partial charge on any atom is -0.444 e. The van der Waals surface area contributed by atoms with E-state index in [1.165, 1.54) is 11.3 Å². The van der Waals surface area contributed by atoms with E-state index < -0.39 is 23.7 Å². The zero-order valence-corrected chi connectivity index (χ0v) is 41.9. The highest BCUT2D eigenvalue weighted by molar-refractivity contribution is 7.09. The third kappa shape index (κ3) is 13.3. The van der Waals surface area contributed by atoms with E-state index in [2.05, 4.69) is 75.7 Å². The number of hydrogen-bond acceptors (Lipinski definition) is 9. The van der Waals surface area contributed by atoms with Crippen LogP contribution in [-0.2, 0) is 47.5 Å². The van der Waals surface area contributed by atoms with Crippen molar-refractivity contribution in [2.75, 3.05) is 7.05 Å². The molecule has 12 nitrogen and oxygen atoms in total. The van der Waals surface area contributed by atoms with Crippen molar-refractivity contribution in [2.45, 2.75) is 88.7 Å². The summed E-state index contributed by atoms with van der Waals surface area (Å²) in [4.78, 5) is 58.8. The number of carbonyl (C=O) groups is 3. The molecule has 0 radical (unpaired) electrons. The molecular weight excluding hydrogens is 925 g/mol. The van der Waals surface area contributed by atoms with E-state index in [0.717, 1.165) is 43.4 Å². The topological polar surface area (TPSA) is 143 Å². The molecule has 0 aliphatic rings. The molecule has 71 heavy (non-hydrogen) atoms. The highest BCUT2D eigenvalue weighted by Gasteiger charge is 2.39. The first-order valence-corrected chi connectivity index (χ1v) is 25.7. The van der Waals surface area contributed by atoms with Crippen molar-refractivity contribution in [2.24, 2.45) is 0 Å². The second-order valence-corrected chi connectivity index (χ2v) is 19.9. The van der Waals surface area contributed by atoms with Gasteiger partial charge in [-0.1, -0.05) is 166 Å². The fourth-order valence-corrected chi connectivity index (χ4v) is 10.2. The first-order chi connectivity index (χ1) is 34.6. The molecule has 0 spiro atoms. The van der Waals surface area contributed by atoms with E-state index in [9.17, 15) is 9.59 Å². The molecule has 14 heteroatoms. The number of nitrogens with zero attached hydrogens (tertiary/aromatic N) is 5. The average Bonchev–Trinajstić information content (AvgIpc) is 4.21. The Morgan fingerprint density at radius 2 is 1.21 bits per heavy atom. The summed E-state index contributed by atoms with van der Waals surface area (Å²) >= 11 is 3.00. The number of aromatic nitrogens is 4. The van der Waals surface area contributed by atoms with Gasteiger partial charge in [-0.2, -0.15) is 0 Å². The molecule has 364 valence electrons. The predicted molar refractivity (Wildman–Crippen MR) is 281 cm³/mol. The Hall–Kier alpha value is -7.42. The Kier molecular flexibility index (Phi) is 17.2. The smallest absolute Gasteiger partial charge is 0.407 e. The van der Waals surface area contributed by atoms with E-state index in [1.54, 1.807) is 35.0 Å². The molecule has 0 saturated heterocycles. The van der Waals surface area contributed by atoms with Crippen molar-refractivity contribution in [1.29, 1.82) is 0 Å². The number of urea groups is 1. The molecular formula is C57H60N8O4S2. The fraction of sp³-hybridized carbons (Fsp3) is 0.263. The lowest BCUT2D eigenvalue weighted by Crippen LogP contribution is -2.53. The Morgan fingerprint density at radius 1 is 0.676 bits per heavy atom. The van der Waals surface area contributed by atoms with Crippen molar-refractivity contribution in [3.63, 3.8) is 0 Å². The van der Waals surface area contributed by atoms with Crippen molar-refractivity contribution >= 4 is 40.7 Å². The third-order valence-electron chi connectivity index (χ3n) is 12.4. The average molecular weight is 985 g/mol. The highest BCUT2D eigenvalue weighted by atomic mass is 32.1. The fourth-order valence-electron chi connectivity index (χ4n) is 8.90. The van der Waals surface area contributed by atoms with Gasteiger partial charge < -0.3 is 30.2 Å². The number of thiazole rings is 2. The quantitative estimate of drug-likeness (QED) is 0.0574. The summed E-state index contributed by atoms with van der Waals surface area (Å²) in [6, 6.07) is 48.9. The van der Waals surface area contributed by atoms with Crippen LogP contribution in [0.1, 0.15) is 81.7 Å². The van der Waals surface area contributed by atoms with Gasteiger partial charge in [0.2, 0.25) is 5.91 Å². The molecule has 0 fully saturated rings. The van der Waals surface area contributed by atoms with Gasteiger partial charge in [-0.15, -0.1) is 22.7 Å². The van der Waals surface area contributed by atoms with Crippen LogP contribution in [0.5, 0.6) is 0 Å². The Bertz CT molecular complexity index is 2780. The Morgan fingerprint density at radius 3 is 1.72 bits per heavy atom. The molecule has 4 amide bonds. The van der Waals surface area contributed by atoms with Gasteiger partial charge in [0.1, 0.15) is 18.2 Å². The van der Waals surface area contributed by atoms with Gasteiger partial charge in [0.25, 0.3) is 0 Å². The van der Waals surface area contributed by atoms with E-state index in [1.807, 2.05) is 133 Å². The first-order valence-electron chi connectivity index (χ1n) is 24.0. The standard InChI is InChI=1S/C57H60N8O4S2/c1-41(2)54-61-50(38-70-54)35-64(3)55(67)63-52(33-49-36-65(39-59-49)57(44-23-13-6-14-24-44,45-25-15-7-16-26-45)46-27-17-8-18-28-46)53(66)60-47(31-42-19-9-4-10-20-42)29-30-48(32-43-21-11-5-12-22-43)62-56(68)69-37-51-34-58-40-71-51/h4-28,34,36,38-41,47-48,52H,29-33,35,37H2,1-3H3,(H,60,66)(H,62,68)(H,63,67)/t47-,48-,52+/m1/s1. The van der Waals surface area contributed by atoms with E-state index in [4.69, 9.17) is 14.7 Å². The Balaban J connectivity index is 1.09. The van der Waals surface area contributed by atoms with Crippen LogP contribution in [-0.4, -0.2) is 67.6 Å². The number of alkyl carbamates (subject to hydrolysis) is 1. The largest absolute Gasteiger partial charge is 0.444 e. The number of rotatable bonds is 22. The second kappa shape index (κ2) is 24.4. The van der Waals surface area contributed by atoms with Crippen molar-refractivity contribution in [3.05, 3.63) is 230 Å². The summed E-state index contributed by atoms with van der Waals surface area (Å²) < 4.78 is 7.72. The summed E-state index contributed by atoms with van der Waals surface area (Å²) in [5, 5.41) is 12.5. The minimum absolute atomic E-state index is 0.100. The molecule has 8 rings (SSSR count). The lowest BCUT2D eigenvalue weighted by atomic mass is 9.77. The van der Waals surface area contributed by atoms with Crippen LogP contribution in [0, 0.1) is 0 Å². The number of ether oxygens (including phenoxy) is 1. The van der Waals surface area contributed by atoms with Crippen LogP contribution in [0.2, 0.25) is 0 Å². The molecule has 3 aromatic heterocycles. The first kappa shape index (κ1) is 50.0. The second-order valence-electron chi connectivity index (χ2n) is 18.0. The third-order valence-corrected chi connectivity index (χ3v) is 14.4. The van der Waals surface area contributed by atoms with Crippen molar-refractivity contribution < 1.29 is 19.1 Å². The van der Waals surface area contributed by atoms with E-state index >= 15 is 4.79 Å². The lowest BCUT2D eigenvalue weighted by Gasteiger charge is -2.37. The highest BCUT2D eigenvalue weighted by Crippen LogP contribution is 2.41. The number of nitrogens with one attached hydrogen (secondary N) is 3. The Labute approximate surface area is 424 Å². The van der Waals surface area contributed by atoms with Crippen LogP contribution in [0.3, 0.4) is 0 Å². The zero-order valence-electron chi connectivity index (χ0n) is 40.3. The number of carbonyl (C=O) groups excluding carboxylic acids is 3. The van der Waals surface area contributed by atoms with Gasteiger partial charge >= 0.3 is 12.1 Å². The summed E-state index contributed by atoms with van der Waals surface area (Å²) in [6.45, 7) is 4.58. The van der Waals surface area contributed by atoms with Crippen molar-refractivity contribution in [1.82, 2.24) is 40.4 Å². The summed E-state index contributed by atoms with van der Waals surface area (Å²) in [6.07, 6.45) is 7.19. The van der Waals surface area contributed by atoms with Gasteiger partial charge in [-0.3, -0.25) is 9.78 Å².